The molecule has 5 rings (SSSR count). The smallest absolute Gasteiger partial charge is 0.251 e. The molecule has 2 aliphatic rings. The van der Waals surface area contributed by atoms with E-state index in [-0.39, 0.29) is 9.62 Å². The largest absolute Gasteiger partial charge is 0.324 e. The molecular formula is C26H28ClN3O3S2. The Morgan fingerprint density at radius 2 is 1.69 bits per heavy atom. The molecule has 1 saturated carbocycles. The highest BCUT2D eigenvalue weighted by molar-refractivity contribution is 7.91. The van der Waals surface area contributed by atoms with Crippen LogP contribution in [0.4, 0.5) is 5.69 Å². The summed E-state index contributed by atoms with van der Waals surface area (Å²) in [6.45, 7) is 3.47. The Balaban J connectivity index is 1.32. The summed E-state index contributed by atoms with van der Waals surface area (Å²) < 4.78 is 28.9. The Morgan fingerprint density at radius 1 is 1.00 bits per heavy atom. The van der Waals surface area contributed by atoms with Crippen molar-refractivity contribution in [2.24, 2.45) is 0 Å². The third-order valence-corrected chi connectivity index (χ3v) is 9.97. The number of anilines is 1. The van der Waals surface area contributed by atoms with Crippen molar-refractivity contribution in [3.05, 3.63) is 82.2 Å². The molecule has 1 atom stereocenters. The zero-order chi connectivity index (χ0) is 24.5. The number of nitrogens with one attached hydrogen (secondary N) is 2. The minimum atomic E-state index is -3.93. The second kappa shape index (κ2) is 10.0. The summed E-state index contributed by atoms with van der Waals surface area (Å²) in [5.74, 6) is -0.451. The SMILES string of the molecule is O=C(Nc1ccc(C2(CN3CCCC3)CC2)cc1)C(NS(=O)(=O)c1ccc(Cl)s1)c1ccccc1. The van der Waals surface area contributed by atoms with Crippen LogP contribution in [0.25, 0.3) is 0 Å². The number of thiophene rings is 1. The van der Waals surface area contributed by atoms with Gasteiger partial charge in [0.15, 0.2) is 0 Å². The predicted octanol–water partition coefficient (Wildman–Crippen LogP) is 5.19. The van der Waals surface area contributed by atoms with Gasteiger partial charge in [-0.1, -0.05) is 54.1 Å². The van der Waals surface area contributed by atoms with Gasteiger partial charge in [-0.25, -0.2) is 8.42 Å². The van der Waals surface area contributed by atoms with Crippen LogP contribution >= 0.6 is 22.9 Å². The van der Waals surface area contributed by atoms with Gasteiger partial charge in [-0.15, -0.1) is 11.3 Å². The van der Waals surface area contributed by atoms with Gasteiger partial charge in [-0.05, 0) is 74.2 Å². The van der Waals surface area contributed by atoms with Crippen molar-refractivity contribution in [1.29, 1.82) is 0 Å². The Labute approximate surface area is 215 Å². The first-order valence-electron chi connectivity index (χ1n) is 11.8. The molecule has 9 heteroatoms. The Morgan fingerprint density at radius 3 is 2.29 bits per heavy atom. The Kier molecular flexibility index (Phi) is 7.01. The zero-order valence-corrected chi connectivity index (χ0v) is 21.6. The maximum atomic E-state index is 13.3. The molecule has 184 valence electrons. The molecule has 1 amide bonds. The van der Waals surface area contributed by atoms with Crippen LogP contribution in [0.5, 0.6) is 0 Å². The van der Waals surface area contributed by atoms with E-state index in [1.54, 1.807) is 24.3 Å². The van der Waals surface area contributed by atoms with Crippen molar-refractivity contribution >= 4 is 44.6 Å². The fourth-order valence-corrected chi connectivity index (χ4v) is 7.44. The van der Waals surface area contributed by atoms with Crippen LogP contribution in [0.2, 0.25) is 4.34 Å². The molecule has 0 radical (unpaired) electrons. The molecule has 35 heavy (non-hydrogen) atoms. The standard InChI is InChI=1S/C26H28ClN3O3S2/c27-22-12-13-23(34-22)35(32,33)29-24(19-6-2-1-3-7-19)25(31)28-21-10-8-20(9-11-21)26(14-15-26)18-30-16-4-5-17-30/h1-3,6-13,24,29H,4-5,14-18H2,(H,28,31). The molecule has 3 aromatic rings. The number of hydrogen-bond acceptors (Lipinski definition) is 5. The molecule has 1 aromatic heterocycles. The van der Waals surface area contributed by atoms with Gasteiger partial charge in [-0.3, -0.25) is 4.79 Å². The van der Waals surface area contributed by atoms with E-state index in [1.807, 2.05) is 18.2 Å². The average molecular weight is 530 g/mol. The van der Waals surface area contributed by atoms with Crippen molar-refractivity contribution in [2.75, 3.05) is 25.0 Å². The van der Waals surface area contributed by atoms with Crippen LogP contribution in [0.15, 0.2) is 70.9 Å². The van der Waals surface area contributed by atoms with Gasteiger partial charge in [0.1, 0.15) is 10.3 Å². The lowest BCUT2D eigenvalue weighted by Crippen LogP contribution is -2.36. The number of amides is 1. The number of halogens is 1. The van der Waals surface area contributed by atoms with Gasteiger partial charge in [0, 0.05) is 17.6 Å². The third kappa shape index (κ3) is 5.62. The predicted molar refractivity (Wildman–Crippen MR) is 140 cm³/mol. The number of carbonyl (C=O) groups excluding carboxylic acids is 1. The monoisotopic (exact) mass is 529 g/mol. The van der Waals surface area contributed by atoms with Crippen LogP contribution in [0.1, 0.15) is 42.9 Å². The molecule has 1 aliphatic carbocycles. The summed E-state index contributed by atoms with van der Waals surface area (Å²) >= 11 is 6.88. The molecule has 0 spiro atoms. The van der Waals surface area contributed by atoms with E-state index in [0.29, 0.717) is 15.6 Å². The highest BCUT2D eigenvalue weighted by Crippen LogP contribution is 2.49. The molecule has 1 saturated heterocycles. The molecule has 2 fully saturated rings. The van der Waals surface area contributed by atoms with Gasteiger partial charge in [0.05, 0.1) is 4.34 Å². The lowest BCUT2D eigenvalue weighted by atomic mass is 9.95. The quantitative estimate of drug-likeness (QED) is 0.400. The van der Waals surface area contributed by atoms with Crippen LogP contribution in [-0.2, 0) is 20.2 Å². The Hall–Kier alpha value is -2.23. The molecular weight excluding hydrogens is 502 g/mol. The summed E-state index contributed by atoms with van der Waals surface area (Å²) in [4.78, 5) is 15.8. The van der Waals surface area contributed by atoms with Crippen LogP contribution in [-0.4, -0.2) is 38.9 Å². The second-order valence-corrected chi connectivity index (χ2v) is 13.0. The lowest BCUT2D eigenvalue weighted by Gasteiger charge is -2.24. The minimum absolute atomic E-state index is 0.0633. The topological polar surface area (TPSA) is 78.5 Å². The first-order valence-corrected chi connectivity index (χ1v) is 14.5. The molecule has 6 nitrogen and oxygen atoms in total. The number of nitrogens with zero attached hydrogens (tertiary/aromatic N) is 1. The molecule has 2 N–H and O–H groups in total. The van der Waals surface area contributed by atoms with Crippen LogP contribution in [0.3, 0.4) is 0 Å². The van der Waals surface area contributed by atoms with Crippen molar-refractivity contribution in [3.63, 3.8) is 0 Å². The normalized spacial score (nSPS) is 18.3. The van der Waals surface area contributed by atoms with E-state index in [9.17, 15) is 13.2 Å². The van der Waals surface area contributed by atoms with Crippen LogP contribution < -0.4 is 10.0 Å². The zero-order valence-electron chi connectivity index (χ0n) is 19.2. The summed E-state index contributed by atoms with van der Waals surface area (Å²) in [5.41, 5.74) is 2.72. The minimum Gasteiger partial charge on any atom is -0.324 e. The lowest BCUT2D eigenvalue weighted by molar-refractivity contribution is -0.117. The highest BCUT2D eigenvalue weighted by Gasteiger charge is 2.45. The van der Waals surface area contributed by atoms with E-state index >= 15 is 0 Å². The van der Waals surface area contributed by atoms with E-state index in [1.165, 1.54) is 56.5 Å². The second-order valence-electron chi connectivity index (χ2n) is 9.35. The summed E-state index contributed by atoms with van der Waals surface area (Å²) in [5, 5.41) is 2.89. The van der Waals surface area contributed by atoms with Crippen molar-refractivity contribution in [1.82, 2.24) is 9.62 Å². The third-order valence-electron chi connectivity index (χ3n) is 6.82. The molecule has 2 heterocycles. The summed E-state index contributed by atoms with van der Waals surface area (Å²) in [6.07, 6.45) is 4.96. The number of benzene rings is 2. The maximum Gasteiger partial charge on any atom is 0.251 e. The number of rotatable bonds is 9. The molecule has 1 aliphatic heterocycles. The summed E-state index contributed by atoms with van der Waals surface area (Å²) in [7, 11) is -3.93. The van der Waals surface area contributed by atoms with E-state index in [2.05, 4.69) is 27.1 Å². The maximum absolute atomic E-state index is 13.3. The van der Waals surface area contributed by atoms with Gasteiger partial charge < -0.3 is 10.2 Å². The molecule has 0 bridgehead atoms. The fourth-order valence-electron chi connectivity index (χ4n) is 4.75. The first kappa shape index (κ1) is 24.5. The average Bonchev–Trinajstić information content (AvgIpc) is 3.21. The fraction of sp³-hybridized carbons (Fsp3) is 0.346. The van der Waals surface area contributed by atoms with Gasteiger partial charge in [0.25, 0.3) is 10.0 Å². The Bertz CT molecular complexity index is 1280. The van der Waals surface area contributed by atoms with E-state index < -0.39 is 22.0 Å². The van der Waals surface area contributed by atoms with Gasteiger partial charge in [0.2, 0.25) is 5.91 Å². The molecule has 2 aromatic carbocycles. The van der Waals surface area contributed by atoms with E-state index in [4.69, 9.17) is 11.6 Å². The molecule has 1 unspecified atom stereocenters. The van der Waals surface area contributed by atoms with Gasteiger partial charge >= 0.3 is 0 Å². The van der Waals surface area contributed by atoms with E-state index in [0.717, 1.165) is 17.9 Å². The van der Waals surface area contributed by atoms with Crippen molar-refractivity contribution in [3.8, 4) is 0 Å². The van der Waals surface area contributed by atoms with Gasteiger partial charge in [-0.2, -0.15) is 4.72 Å². The number of carbonyl (C=O) groups is 1. The number of sulfonamides is 1. The van der Waals surface area contributed by atoms with Crippen molar-refractivity contribution < 1.29 is 13.2 Å². The van der Waals surface area contributed by atoms with Crippen LogP contribution in [0, 0.1) is 0 Å². The first-order chi connectivity index (χ1) is 16.8. The number of hydrogen-bond donors (Lipinski definition) is 2. The van der Waals surface area contributed by atoms with Crippen molar-refractivity contribution in [2.45, 2.75) is 41.3 Å². The highest BCUT2D eigenvalue weighted by atomic mass is 35.5. The number of likely N-dealkylation sites (tertiary alicyclic amines) is 1. The summed E-state index contributed by atoms with van der Waals surface area (Å²) in [6, 6.07) is 18.7.